The predicted molar refractivity (Wildman–Crippen MR) is 87.0 cm³/mol. The van der Waals surface area contributed by atoms with Crippen molar-refractivity contribution in [1.82, 2.24) is 15.1 Å². The number of aromatic nitrogens is 2. The van der Waals surface area contributed by atoms with E-state index in [2.05, 4.69) is 40.2 Å². The van der Waals surface area contributed by atoms with Gasteiger partial charge in [0.25, 0.3) is 0 Å². The minimum absolute atomic E-state index is 0.583. The normalized spacial score (nSPS) is 21.3. The summed E-state index contributed by atoms with van der Waals surface area (Å²) in [6, 6.07) is 8.24. The van der Waals surface area contributed by atoms with Gasteiger partial charge in [-0.25, -0.2) is 0 Å². The summed E-state index contributed by atoms with van der Waals surface area (Å²) in [4.78, 5) is 2.52. The van der Waals surface area contributed by atoms with Crippen molar-refractivity contribution in [2.45, 2.75) is 19.3 Å². The molecule has 1 saturated heterocycles. The monoisotopic (exact) mass is 295 g/mol. The molecule has 0 saturated carbocycles. The minimum atomic E-state index is 0.583. The molecule has 2 aromatic rings. The van der Waals surface area contributed by atoms with Crippen LogP contribution >= 0.6 is 0 Å². The molecule has 1 atom stereocenters. The van der Waals surface area contributed by atoms with Crippen molar-refractivity contribution in [1.29, 1.82) is 0 Å². The van der Waals surface area contributed by atoms with Gasteiger partial charge in [-0.2, -0.15) is 5.10 Å². The van der Waals surface area contributed by atoms with Crippen LogP contribution in [0, 0.1) is 6.92 Å². The highest BCUT2D eigenvalue weighted by atomic mass is 16.5. The maximum Gasteiger partial charge on any atom is 0.127 e. The number of hydrogen-bond donors (Lipinski definition) is 1. The van der Waals surface area contributed by atoms with Gasteiger partial charge in [-0.15, -0.1) is 0 Å². The van der Waals surface area contributed by atoms with Gasteiger partial charge in [-0.05, 0) is 43.2 Å². The Labute approximate surface area is 130 Å². The smallest absolute Gasteiger partial charge is 0.127 e. The Bertz CT molecular complexity index is 704. The van der Waals surface area contributed by atoms with Gasteiger partial charge in [0.2, 0.25) is 0 Å². The zero-order valence-electron chi connectivity index (χ0n) is 12.9. The summed E-state index contributed by atoms with van der Waals surface area (Å²) in [6.07, 6.45) is 5.41. The van der Waals surface area contributed by atoms with E-state index in [4.69, 9.17) is 4.74 Å². The molecule has 4 nitrogen and oxygen atoms in total. The summed E-state index contributed by atoms with van der Waals surface area (Å²) in [6.45, 7) is 6.08. The fourth-order valence-electron chi connectivity index (χ4n) is 3.52. The molecule has 4 heteroatoms. The van der Waals surface area contributed by atoms with Crippen LogP contribution < -0.4 is 4.74 Å². The number of ether oxygens (including phenoxy) is 1. The SMILES string of the molecule is Cc1cn[nH]c1[C@H]1CCN(CC2=Cc3ccccc3OC2)C1. The first-order chi connectivity index (χ1) is 10.8. The number of nitrogens with zero attached hydrogens (tertiary/aromatic N) is 2. The number of rotatable bonds is 3. The van der Waals surface area contributed by atoms with Crippen molar-refractivity contribution in [2.75, 3.05) is 26.2 Å². The summed E-state index contributed by atoms with van der Waals surface area (Å²) < 4.78 is 5.85. The number of likely N-dealkylation sites (tertiary alicyclic amines) is 1. The fourth-order valence-corrected chi connectivity index (χ4v) is 3.52. The van der Waals surface area contributed by atoms with E-state index < -0.39 is 0 Å². The third kappa shape index (κ3) is 2.55. The van der Waals surface area contributed by atoms with E-state index in [0.29, 0.717) is 12.5 Å². The Morgan fingerprint density at radius 1 is 1.36 bits per heavy atom. The molecule has 1 N–H and O–H groups in total. The highest BCUT2D eigenvalue weighted by Crippen LogP contribution is 2.30. The van der Waals surface area contributed by atoms with Crippen LogP contribution in [0.3, 0.4) is 0 Å². The molecule has 1 fully saturated rings. The van der Waals surface area contributed by atoms with Crippen LogP contribution in [0.2, 0.25) is 0 Å². The average Bonchev–Trinajstić information content (AvgIpc) is 3.16. The maximum atomic E-state index is 5.85. The summed E-state index contributed by atoms with van der Waals surface area (Å²) in [5.74, 6) is 1.58. The van der Waals surface area contributed by atoms with E-state index in [1.54, 1.807) is 0 Å². The number of para-hydroxylation sites is 1. The van der Waals surface area contributed by atoms with Crippen LogP contribution in [-0.2, 0) is 0 Å². The van der Waals surface area contributed by atoms with Gasteiger partial charge in [0.15, 0.2) is 0 Å². The van der Waals surface area contributed by atoms with Crippen molar-refractivity contribution >= 4 is 6.08 Å². The largest absolute Gasteiger partial charge is 0.489 e. The van der Waals surface area contributed by atoms with Crippen molar-refractivity contribution in [3.05, 3.63) is 52.9 Å². The number of fused-ring (bicyclic) bond motifs is 1. The number of H-pyrrole nitrogens is 1. The fraction of sp³-hybridized carbons (Fsp3) is 0.389. The standard InChI is InChI=1S/C18H21N3O/c1-13-9-19-20-18(13)16-6-7-21(11-16)10-14-8-15-4-2-3-5-17(15)22-12-14/h2-5,8-9,16H,6-7,10-12H2,1H3,(H,19,20)/t16-/m0/s1. The lowest BCUT2D eigenvalue weighted by Crippen LogP contribution is -2.26. The molecule has 1 aromatic heterocycles. The zero-order valence-corrected chi connectivity index (χ0v) is 12.9. The average molecular weight is 295 g/mol. The Balaban J connectivity index is 1.43. The minimum Gasteiger partial charge on any atom is -0.489 e. The molecule has 3 heterocycles. The molecule has 0 aliphatic carbocycles. The van der Waals surface area contributed by atoms with Gasteiger partial charge in [0, 0.05) is 30.3 Å². The summed E-state index contributed by atoms with van der Waals surface area (Å²) in [5.41, 5.74) is 5.15. The predicted octanol–water partition coefficient (Wildman–Crippen LogP) is 2.98. The molecule has 114 valence electrons. The first kappa shape index (κ1) is 13.6. The van der Waals surface area contributed by atoms with Gasteiger partial charge in [0.05, 0.1) is 6.20 Å². The van der Waals surface area contributed by atoms with E-state index in [0.717, 1.165) is 25.4 Å². The van der Waals surface area contributed by atoms with Gasteiger partial charge in [-0.3, -0.25) is 10.00 Å². The Morgan fingerprint density at radius 3 is 3.14 bits per heavy atom. The molecule has 4 rings (SSSR count). The van der Waals surface area contributed by atoms with Crippen LogP contribution in [0.25, 0.3) is 6.08 Å². The molecule has 0 bridgehead atoms. The van der Waals surface area contributed by atoms with Crippen LogP contribution in [0.5, 0.6) is 5.75 Å². The van der Waals surface area contributed by atoms with Crippen LogP contribution in [0.15, 0.2) is 36.0 Å². The Kier molecular flexibility index (Phi) is 3.47. The molecule has 0 spiro atoms. The van der Waals surface area contributed by atoms with Gasteiger partial charge in [0.1, 0.15) is 12.4 Å². The Hall–Kier alpha value is -2.07. The highest BCUT2D eigenvalue weighted by Gasteiger charge is 2.27. The van der Waals surface area contributed by atoms with Crippen molar-refractivity contribution < 1.29 is 4.74 Å². The summed E-state index contributed by atoms with van der Waals surface area (Å²) >= 11 is 0. The van der Waals surface area contributed by atoms with Crippen molar-refractivity contribution in [2.24, 2.45) is 0 Å². The molecular weight excluding hydrogens is 274 g/mol. The third-order valence-electron chi connectivity index (χ3n) is 4.67. The zero-order chi connectivity index (χ0) is 14.9. The molecule has 0 unspecified atom stereocenters. The second-order valence-electron chi connectivity index (χ2n) is 6.32. The van der Waals surface area contributed by atoms with E-state index in [9.17, 15) is 0 Å². The van der Waals surface area contributed by atoms with Crippen LogP contribution in [0.4, 0.5) is 0 Å². The lowest BCUT2D eigenvalue weighted by molar-refractivity contribution is 0.308. The highest BCUT2D eigenvalue weighted by molar-refractivity contribution is 5.62. The maximum absolute atomic E-state index is 5.85. The second-order valence-corrected chi connectivity index (χ2v) is 6.32. The first-order valence-electron chi connectivity index (χ1n) is 7.93. The first-order valence-corrected chi connectivity index (χ1v) is 7.93. The number of aromatic amines is 1. The van der Waals surface area contributed by atoms with Crippen molar-refractivity contribution in [3.63, 3.8) is 0 Å². The van der Waals surface area contributed by atoms with E-state index in [1.165, 1.54) is 28.8 Å². The van der Waals surface area contributed by atoms with E-state index in [1.807, 2.05) is 18.3 Å². The van der Waals surface area contributed by atoms with Crippen molar-refractivity contribution in [3.8, 4) is 5.75 Å². The van der Waals surface area contributed by atoms with Gasteiger partial charge in [-0.1, -0.05) is 18.2 Å². The van der Waals surface area contributed by atoms with E-state index in [-0.39, 0.29) is 0 Å². The summed E-state index contributed by atoms with van der Waals surface area (Å²) in [5, 5.41) is 7.33. The topological polar surface area (TPSA) is 41.2 Å². The van der Waals surface area contributed by atoms with E-state index >= 15 is 0 Å². The second kappa shape index (κ2) is 5.61. The molecule has 2 aliphatic heterocycles. The van der Waals surface area contributed by atoms with Gasteiger partial charge < -0.3 is 4.74 Å². The van der Waals surface area contributed by atoms with Crippen LogP contribution in [-0.4, -0.2) is 41.3 Å². The number of aryl methyl sites for hydroxylation is 1. The number of benzene rings is 1. The molecular formula is C18H21N3O. The van der Waals surface area contributed by atoms with Crippen LogP contribution in [0.1, 0.15) is 29.2 Å². The molecule has 1 aromatic carbocycles. The molecule has 22 heavy (non-hydrogen) atoms. The quantitative estimate of drug-likeness (QED) is 0.946. The number of nitrogens with one attached hydrogen (secondary N) is 1. The molecule has 0 radical (unpaired) electrons. The Morgan fingerprint density at radius 2 is 2.27 bits per heavy atom. The molecule has 0 amide bonds. The molecule has 2 aliphatic rings. The lowest BCUT2D eigenvalue weighted by atomic mass is 10.0. The number of hydrogen-bond acceptors (Lipinski definition) is 3. The van der Waals surface area contributed by atoms with Gasteiger partial charge >= 0.3 is 0 Å². The third-order valence-corrected chi connectivity index (χ3v) is 4.67. The summed E-state index contributed by atoms with van der Waals surface area (Å²) in [7, 11) is 0. The lowest BCUT2D eigenvalue weighted by Gasteiger charge is -2.22.